The van der Waals surface area contributed by atoms with E-state index in [2.05, 4.69) is 17.1 Å². The zero-order chi connectivity index (χ0) is 12.3. The molecule has 2 N–H and O–H groups in total. The number of amides is 1. The molecule has 2 rings (SSSR count). The molecule has 0 unspecified atom stereocenters. The third-order valence-electron chi connectivity index (χ3n) is 2.26. The highest BCUT2D eigenvalue weighted by Crippen LogP contribution is 2.25. The molecule has 0 aliphatic heterocycles. The quantitative estimate of drug-likeness (QED) is 0.903. The Bertz CT molecular complexity index is 520. The highest BCUT2D eigenvalue weighted by Gasteiger charge is 2.02. The Kier molecular flexibility index (Phi) is 3.44. The van der Waals surface area contributed by atoms with E-state index in [0.717, 1.165) is 9.92 Å². The van der Waals surface area contributed by atoms with Crippen molar-refractivity contribution in [2.45, 2.75) is 16.8 Å². The number of carbonyl (C=O) groups is 1. The van der Waals surface area contributed by atoms with Crippen LogP contribution in [0.4, 0.5) is 0 Å². The van der Waals surface area contributed by atoms with Crippen LogP contribution in [-0.2, 0) is 0 Å². The van der Waals surface area contributed by atoms with Gasteiger partial charge in [0, 0.05) is 11.1 Å². The minimum Gasteiger partial charge on any atom is -0.366 e. The summed E-state index contributed by atoms with van der Waals surface area (Å²) in [6, 6.07) is 11.7. The minimum atomic E-state index is -0.454. The SMILES string of the molecule is Cc1ccc(Sc2ccc(C(N)=O)cn2)cc1. The second-order valence-electron chi connectivity index (χ2n) is 3.66. The van der Waals surface area contributed by atoms with Gasteiger partial charge in [-0.3, -0.25) is 4.79 Å². The number of aromatic nitrogens is 1. The standard InChI is InChI=1S/C13H12N2OS/c1-9-2-5-11(6-3-9)17-12-7-4-10(8-15-12)13(14)16/h2-8H,1H3,(H2,14,16). The van der Waals surface area contributed by atoms with Crippen LogP contribution in [0.15, 0.2) is 52.5 Å². The number of nitrogens with two attached hydrogens (primary N) is 1. The van der Waals surface area contributed by atoms with E-state index in [-0.39, 0.29) is 0 Å². The van der Waals surface area contributed by atoms with Gasteiger partial charge in [-0.15, -0.1) is 0 Å². The van der Waals surface area contributed by atoms with Crippen LogP contribution in [-0.4, -0.2) is 10.9 Å². The number of primary amides is 1. The highest BCUT2D eigenvalue weighted by molar-refractivity contribution is 7.99. The van der Waals surface area contributed by atoms with Gasteiger partial charge < -0.3 is 5.73 Å². The summed E-state index contributed by atoms with van der Waals surface area (Å²) in [5.74, 6) is -0.454. The van der Waals surface area contributed by atoms with E-state index < -0.39 is 5.91 Å². The molecule has 1 aromatic carbocycles. The first-order valence-corrected chi connectivity index (χ1v) is 5.97. The van der Waals surface area contributed by atoms with E-state index in [1.807, 2.05) is 19.1 Å². The van der Waals surface area contributed by atoms with Crippen LogP contribution in [0, 0.1) is 6.92 Å². The van der Waals surface area contributed by atoms with Crippen LogP contribution in [0.25, 0.3) is 0 Å². The van der Waals surface area contributed by atoms with Crippen molar-refractivity contribution in [3.8, 4) is 0 Å². The highest BCUT2D eigenvalue weighted by atomic mass is 32.2. The molecule has 0 aliphatic carbocycles. The summed E-state index contributed by atoms with van der Waals surface area (Å²) in [5, 5.41) is 0.846. The maximum atomic E-state index is 10.9. The largest absolute Gasteiger partial charge is 0.366 e. The summed E-state index contributed by atoms with van der Waals surface area (Å²) in [5.41, 5.74) is 6.80. The molecule has 0 bridgehead atoms. The third-order valence-corrected chi connectivity index (χ3v) is 3.22. The smallest absolute Gasteiger partial charge is 0.250 e. The minimum absolute atomic E-state index is 0.429. The van der Waals surface area contributed by atoms with Crippen molar-refractivity contribution >= 4 is 17.7 Å². The second-order valence-corrected chi connectivity index (χ2v) is 4.76. The molecule has 0 radical (unpaired) electrons. The predicted octanol–water partition coefficient (Wildman–Crippen LogP) is 2.64. The van der Waals surface area contributed by atoms with Crippen LogP contribution in [0.3, 0.4) is 0 Å². The molecule has 0 saturated heterocycles. The normalized spacial score (nSPS) is 10.2. The summed E-state index contributed by atoms with van der Waals surface area (Å²) in [6.45, 7) is 2.05. The number of nitrogens with zero attached hydrogens (tertiary/aromatic N) is 1. The molecule has 0 spiro atoms. The summed E-state index contributed by atoms with van der Waals surface area (Å²) >= 11 is 1.55. The van der Waals surface area contributed by atoms with Crippen molar-refractivity contribution in [3.05, 3.63) is 53.7 Å². The van der Waals surface area contributed by atoms with E-state index in [0.29, 0.717) is 5.56 Å². The Balaban J connectivity index is 2.13. The maximum Gasteiger partial charge on any atom is 0.250 e. The fourth-order valence-electron chi connectivity index (χ4n) is 1.31. The van der Waals surface area contributed by atoms with Crippen molar-refractivity contribution in [3.63, 3.8) is 0 Å². The molecule has 2 aromatic rings. The molecule has 1 heterocycles. The summed E-state index contributed by atoms with van der Waals surface area (Å²) in [7, 11) is 0. The monoisotopic (exact) mass is 244 g/mol. The fourth-order valence-corrected chi connectivity index (χ4v) is 2.07. The van der Waals surface area contributed by atoms with Crippen LogP contribution < -0.4 is 5.73 Å². The fraction of sp³-hybridized carbons (Fsp3) is 0.0769. The van der Waals surface area contributed by atoms with Crippen LogP contribution in [0.1, 0.15) is 15.9 Å². The Morgan fingerprint density at radius 2 is 1.88 bits per heavy atom. The van der Waals surface area contributed by atoms with Gasteiger partial charge in [0.15, 0.2) is 0 Å². The molecule has 1 aromatic heterocycles. The number of hydrogen-bond donors (Lipinski definition) is 1. The summed E-state index contributed by atoms with van der Waals surface area (Å²) in [4.78, 5) is 16.2. The van der Waals surface area contributed by atoms with Gasteiger partial charge in [-0.25, -0.2) is 4.98 Å². The average Bonchev–Trinajstić information content (AvgIpc) is 2.33. The van der Waals surface area contributed by atoms with Crippen LogP contribution in [0.2, 0.25) is 0 Å². The third kappa shape index (κ3) is 3.07. The van der Waals surface area contributed by atoms with Gasteiger partial charge in [0.1, 0.15) is 5.03 Å². The lowest BCUT2D eigenvalue weighted by molar-refractivity contribution is 0.1000. The molecule has 86 valence electrons. The van der Waals surface area contributed by atoms with Gasteiger partial charge in [0.2, 0.25) is 5.91 Å². The summed E-state index contributed by atoms with van der Waals surface area (Å²) < 4.78 is 0. The molecule has 0 atom stereocenters. The molecule has 1 amide bonds. The number of aryl methyl sites for hydroxylation is 1. The van der Waals surface area contributed by atoms with Gasteiger partial charge in [0.25, 0.3) is 0 Å². The van der Waals surface area contributed by atoms with Crippen molar-refractivity contribution in [1.29, 1.82) is 0 Å². The first-order valence-electron chi connectivity index (χ1n) is 5.15. The Hall–Kier alpha value is -1.81. The van der Waals surface area contributed by atoms with Gasteiger partial charge in [-0.2, -0.15) is 0 Å². The van der Waals surface area contributed by atoms with Gasteiger partial charge in [-0.1, -0.05) is 29.5 Å². The van der Waals surface area contributed by atoms with Crippen LogP contribution >= 0.6 is 11.8 Å². The maximum absolute atomic E-state index is 10.9. The lowest BCUT2D eigenvalue weighted by Gasteiger charge is -2.02. The van der Waals surface area contributed by atoms with Crippen molar-refractivity contribution in [1.82, 2.24) is 4.98 Å². The second kappa shape index (κ2) is 5.01. The van der Waals surface area contributed by atoms with Gasteiger partial charge in [0.05, 0.1) is 5.56 Å². The van der Waals surface area contributed by atoms with E-state index in [9.17, 15) is 4.79 Å². The molecule has 17 heavy (non-hydrogen) atoms. The van der Waals surface area contributed by atoms with E-state index >= 15 is 0 Å². The lowest BCUT2D eigenvalue weighted by Crippen LogP contribution is -2.10. The zero-order valence-corrected chi connectivity index (χ0v) is 10.2. The van der Waals surface area contributed by atoms with E-state index in [1.165, 1.54) is 11.8 Å². The number of rotatable bonds is 3. The first kappa shape index (κ1) is 11.7. The number of pyridine rings is 1. The van der Waals surface area contributed by atoms with E-state index in [1.54, 1.807) is 23.9 Å². The van der Waals surface area contributed by atoms with Gasteiger partial charge in [-0.05, 0) is 31.2 Å². The topological polar surface area (TPSA) is 56.0 Å². The molecule has 3 nitrogen and oxygen atoms in total. The molecular formula is C13H12N2OS. The van der Waals surface area contributed by atoms with Gasteiger partial charge >= 0.3 is 0 Å². The first-order chi connectivity index (χ1) is 8.15. The molecule has 0 aliphatic rings. The Morgan fingerprint density at radius 1 is 1.18 bits per heavy atom. The Morgan fingerprint density at radius 3 is 2.41 bits per heavy atom. The zero-order valence-electron chi connectivity index (χ0n) is 9.38. The number of carbonyl (C=O) groups excluding carboxylic acids is 1. The predicted molar refractivity (Wildman–Crippen MR) is 68.1 cm³/mol. The Labute approximate surface area is 104 Å². The summed E-state index contributed by atoms with van der Waals surface area (Å²) in [6.07, 6.45) is 1.50. The molecule has 0 saturated carbocycles. The van der Waals surface area contributed by atoms with Crippen molar-refractivity contribution < 1.29 is 4.79 Å². The number of hydrogen-bond acceptors (Lipinski definition) is 3. The number of benzene rings is 1. The van der Waals surface area contributed by atoms with Crippen molar-refractivity contribution in [2.75, 3.05) is 0 Å². The molecular weight excluding hydrogens is 232 g/mol. The van der Waals surface area contributed by atoms with Crippen LogP contribution in [0.5, 0.6) is 0 Å². The lowest BCUT2D eigenvalue weighted by atomic mass is 10.2. The van der Waals surface area contributed by atoms with E-state index in [4.69, 9.17) is 5.73 Å². The average molecular weight is 244 g/mol. The molecule has 0 fully saturated rings. The molecule has 4 heteroatoms. The van der Waals surface area contributed by atoms with Crippen molar-refractivity contribution in [2.24, 2.45) is 5.73 Å².